The third kappa shape index (κ3) is 6.82. The molecule has 1 aliphatic rings. The summed E-state index contributed by atoms with van der Waals surface area (Å²) in [6.45, 7) is 3.31. The van der Waals surface area contributed by atoms with E-state index in [0.29, 0.717) is 5.92 Å². The quantitative estimate of drug-likeness (QED) is 0.441. The Balaban J connectivity index is 1.61. The highest BCUT2D eigenvalue weighted by atomic mass is 32.1. The van der Waals surface area contributed by atoms with Gasteiger partial charge in [0.2, 0.25) is 5.91 Å². The fourth-order valence-electron chi connectivity index (χ4n) is 5.10. The van der Waals surface area contributed by atoms with Gasteiger partial charge in [-0.05, 0) is 55.9 Å². The molecule has 0 saturated carbocycles. The van der Waals surface area contributed by atoms with Crippen LogP contribution in [-0.2, 0) is 29.6 Å². The van der Waals surface area contributed by atoms with Gasteiger partial charge in [0.25, 0.3) is 11.5 Å². The Bertz CT molecular complexity index is 1690. The number of aromatic nitrogens is 2. The summed E-state index contributed by atoms with van der Waals surface area (Å²) in [5.74, 6) is -0.618. The number of nitriles is 1. The fraction of sp³-hybridized carbons (Fsp3) is 0.429. The van der Waals surface area contributed by atoms with Crippen LogP contribution in [0.5, 0.6) is 0 Å². The average molecular weight is 589 g/mol. The lowest BCUT2D eigenvalue weighted by atomic mass is 9.90. The largest absolute Gasteiger partial charge is 0.405 e. The lowest BCUT2D eigenvalue weighted by molar-refractivity contribution is -0.135. The molecule has 9 nitrogen and oxygen atoms in total. The van der Waals surface area contributed by atoms with Crippen LogP contribution in [0.4, 0.5) is 18.9 Å². The minimum atomic E-state index is -4.63. The maximum Gasteiger partial charge on any atom is 0.405 e. The zero-order valence-electron chi connectivity index (χ0n) is 23.0. The molecule has 1 aromatic carbocycles. The number of nitrogens with zero attached hydrogens (tertiary/aromatic N) is 4. The summed E-state index contributed by atoms with van der Waals surface area (Å²) in [5.41, 5.74) is 1.95. The first kappa shape index (κ1) is 29.9. The van der Waals surface area contributed by atoms with Crippen LogP contribution in [0.3, 0.4) is 0 Å². The van der Waals surface area contributed by atoms with E-state index in [-0.39, 0.29) is 21.6 Å². The zero-order valence-corrected chi connectivity index (χ0v) is 23.8. The molecule has 1 aliphatic heterocycles. The molecule has 41 heavy (non-hydrogen) atoms. The molecule has 0 atom stereocenters. The van der Waals surface area contributed by atoms with Crippen LogP contribution in [0.2, 0.25) is 0 Å². The van der Waals surface area contributed by atoms with Gasteiger partial charge in [0.1, 0.15) is 21.8 Å². The Labute approximate surface area is 238 Å². The van der Waals surface area contributed by atoms with Crippen molar-refractivity contribution in [1.29, 1.82) is 5.26 Å². The fourth-order valence-corrected chi connectivity index (χ4v) is 6.18. The van der Waals surface area contributed by atoms with E-state index in [1.807, 2.05) is 30.1 Å². The van der Waals surface area contributed by atoms with E-state index in [1.54, 1.807) is 25.2 Å². The molecule has 3 heterocycles. The van der Waals surface area contributed by atoms with Gasteiger partial charge in [0.05, 0.1) is 0 Å². The minimum Gasteiger partial charge on any atom is -0.360 e. The van der Waals surface area contributed by atoms with Crippen LogP contribution in [0, 0.1) is 17.2 Å². The molecule has 0 aliphatic carbocycles. The van der Waals surface area contributed by atoms with Crippen molar-refractivity contribution >= 4 is 51.5 Å². The number of hydrogen-bond acceptors (Lipinski definition) is 6. The van der Waals surface area contributed by atoms with Gasteiger partial charge in [0.15, 0.2) is 5.57 Å². The molecule has 0 unspecified atom stereocenters. The van der Waals surface area contributed by atoms with Crippen LogP contribution in [0.1, 0.15) is 32.3 Å². The second kappa shape index (κ2) is 12.2. The molecule has 2 N–H and O–H groups in total. The van der Waals surface area contributed by atoms with E-state index in [0.717, 1.165) is 60.3 Å². The smallest absolute Gasteiger partial charge is 0.360 e. The topological polar surface area (TPSA) is 112 Å². The maximum atomic E-state index is 13.0. The number of amides is 2. The number of thiazole rings is 1. The summed E-state index contributed by atoms with van der Waals surface area (Å²) in [4.78, 5) is 38.9. The lowest BCUT2D eigenvalue weighted by Gasteiger charge is -2.31. The molecule has 13 heteroatoms. The van der Waals surface area contributed by atoms with Crippen molar-refractivity contribution in [2.45, 2.75) is 45.8 Å². The van der Waals surface area contributed by atoms with E-state index in [2.05, 4.69) is 16.1 Å². The van der Waals surface area contributed by atoms with Gasteiger partial charge in [-0.2, -0.15) is 18.4 Å². The second-order valence-electron chi connectivity index (χ2n) is 10.0. The van der Waals surface area contributed by atoms with Crippen molar-refractivity contribution in [3.63, 3.8) is 0 Å². The van der Waals surface area contributed by atoms with Crippen molar-refractivity contribution in [2.75, 3.05) is 25.0 Å². The number of alkyl halides is 3. The summed E-state index contributed by atoms with van der Waals surface area (Å²) < 4.78 is 41.1. The van der Waals surface area contributed by atoms with Crippen molar-refractivity contribution in [2.24, 2.45) is 13.0 Å². The number of aryl methyl sites for hydroxylation is 1. The number of likely N-dealkylation sites (tertiary alicyclic amines) is 1. The normalized spacial score (nSPS) is 15.6. The highest BCUT2D eigenvalue weighted by molar-refractivity contribution is 7.07. The molecule has 0 radical (unpaired) electrons. The van der Waals surface area contributed by atoms with E-state index in [4.69, 9.17) is 0 Å². The van der Waals surface area contributed by atoms with E-state index >= 15 is 0 Å². The lowest BCUT2D eigenvalue weighted by Crippen LogP contribution is -2.37. The number of carbonyl (C=O) groups excluding carboxylic acids is 2. The van der Waals surface area contributed by atoms with Gasteiger partial charge in [-0.15, -0.1) is 11.3 Å². The molecule has 2 aromatic heterocycles. The molecular weight excluding hydrogens is 557 g/mol. The summed E-state index contributed by atoms with van der Waals surface area (Å²) >= 11 is 0.859. The zero-order chi connectivity index (χ0) is 29.9. The van der Waals surface area contributed by atoms with Gasteiger partial charge in [-0.25, -0.2) is 0 Å². The van der Waals surface area contributed by atoms with Gasteiger partial charge < -0.3 is 20.1 Å². The number of rotatable bonds is 7. The van der Waals surface area contributed by atoms with Crippen molar-refractivity contribution in [3.8, 4) is 6.07 Å². The van der Waals surface area contributed by atoms with E-state index < -0.39 is 29.8 Å². The van der Waals surface area contributed by atoms with Crippen LogP contribution in [-0.4, -0.2) is 51.7 Å². The number of fused-ring (bicyclic) bond motifs is 1. The van der Waals surface area contributed by atoms with Crippen LogP contribution < -0.4 is 25.4 Å². The standard InChI is InChI=1S/C28H31F3N6O3S/c1-4-37-26(40)24(41-27(37)22(13-32)25(39)34-16-28(29,30)31)14-33-20-5-6-23-21(12-20)19(15-35(23)3)11-18-7-9-36(10-8-18)17(2)38/h5-6,12,14-15,18,33H,4,7-11,16H2,1-3H3,(H,34,39)/b24-14-,27-22+. The van der Waals surface area contributed by atoms with Gasteiger partial charge >= 0.3 is 6.18 Å². The maximum absolute atomic E-state index is 13.0. The predicted molar refractivity (Wildman–Crippen MR) is 151 cm³/mol. The Kier molecular flexibility index (Phi) is 8.92. The summed E-state index contributed by atoms with van der Waals surface area (Å²) in [6, 6.07) is 7.49. The van der Waals surface area contributed by atoms with E-state index in [9.17, 15) is 32.8 Å². The molecule has 2 amide bonds. The summed E-state index contributed by atoms with van der Waals surface area (Å²) in [6.07, 6.45) is 1.74. The first-order valence-electron chi connectivity index (χ1n) is 13.2. The molecular formula is C28H31F3N6O3S. The van der Waals surface area contributed by atoms with Crippen LogP contribution >= 0.6 is 11.3 Å². The van der Waals surface area contributed by atoms with Crippen LogP contribution in [0.15, 0.2) is 29.2 Å². The van der Waals surface area contributed by atoms with Crippen molar-refractivity contribution in [3.05, 3.63) is 49.5 Å². The SMILES string of the molecule is CCn1c(=O)/c(=C/Nc2ccc3c(c2)c(CC2CCN(C(C)=O)CC2)cn3C)s/c1=C(\C#N)C(=O)NCC(F)(F)F. The molecule has 3 aromatic rings. The van der Waals surface area contributed by atoms with Crippen LogP contribution in [0.25, 0.3) is 22.7 Å². The average Bonchev–Trinajstić information content (AvgIpc) is 3.41. The molecule has 1 fully saturated rings. The Morgan fingerprint density at radius 3 is 2.56 bits per heavy atom. The molecule has 218 valence electrons. The summed E-state index contributed by atoms with van der Waals surface area (Å²) in [5, 5.41) is 15.4. The number of carbonyl (C=O) groups is 2. The third-order valence-corrected chi connectivity index (χ3v) is 8.37. The van der Waals surface area contributed by atoms with Gasteiger partial charge in [-0.3, -0.25) is 19.0 Å². The minimum absolute atomic E-state index is 0.00987. The Hall–Kier alpha value is -4.05. The van der Waals surface area contributed by atoms with E-state index in [1.165, 1.54) is 16.3 Å². The molecule has 0 spiro atoms. The molecule has 0 bridgehead atoms. The number of benzene rings is 1. The number of piperidine rings is 1. The second-order valence-corrected chi connectivity index (χ2v) is 11.1. The number of anilines is 1. The Morgan fingerprint density at radius 1 is 1.24 bits per heavy atom. The monoisotopic (exact) mass is 588 g/mol. The summed E-state index contributed by atoms with van der Waals surface area (Å²) in [7, 11) is 1.98. The predicted octanol–water partition coefficient (Wildman–Crippen LogP) is 2.43. The first-order valence-corrected chi connectivity index (χ1v) is 14.0. The highest BCUT2D eigenvalue weighted by Crippen LogP contribution is 2.29. The molecule has 4 rings (SSSR count). The first-order chi connectivity index (χ1) is 19.4. The number of halogens is 3. The Morgan fingerprint density at radius 2 is 1.95 bits per heavy atom. The number of nitrogens with one attached hydrogen (secondary N) is 2. The molecule has 1 saturated heterocycles. The van der Waals surface area contributed by atoms with Gasteiger partial charge in [0, 0.05) is 62.6 Å². The van der Waals surface area contributed by atoms with Crippen molar-refractivity contribution in [1.82, 2.24) is 19.4 Å². The highest BCUT2D eigenvalue weighted by Gasteiger charge is 2.29. The van der Waals surface area contributed by atoms with Gasteiger partial charge in [-0.1, -0.05) is 0 Å². The third-order valence-electron chi connectivity index (χ3n) is 7.24. The van der Waals surface area contributed by atoms with Crippen molar-refractivity contribution < 1.29 is 22.8 Å². The number of hydrogen-bond donors (Lipinski definition) is 2.